The quantitative estimate of drug-likeness (QED) is 0.462. The van der Waals surface area contributed by atoms with Gasteiger partial charge in [-0.3, -0.25) is 5.84 Å². The van der Waals surface area contributed by atoms with Crippen molar-refractivity contribution in [3.63, 3.8) is 0 Å². The van der Waals surface area contributed by atoms with Crippen molar-refractivity contribution in [2.45, 2.75) is 6.92 Å². The number of hydrazine groups is 1. The highest BCUT2D eigenvalue weighted by molar-refractivity contribution is 5.53. The third kappa shape index (κ3) is 1.48. The van der Waals surface area contributed by atoms with Crippen LogP contribution in [0.5, 0.6) is 0 Å². The number of nitriles is 1. The molecule has 0 saturated carbocycles. The highest BCUT2D eigenvalue weighted by Crippen LogP contribution is 2.13. The molecular formula is C8H9N3. The van der Waals surface area contributed by atoms with Crippen LogP contribution in [0.4, 0.5) is 5.69 Å². The maximum atomic E-state index is 8.52. The van der Waals surface area contributed by atoms with E-state index in [2.05, 4.69) is 11.5 Å². The molecule has 11 heavy (non-hydrogen) atoms. The lowest BCUT2D eigenvalue weighted by atomic mass is 10.1. The summed E-state index contributed by atoms with van der Waals surface area (Å²) < 4.78 is 0. The van der Waals surface area contributed by atoms with Crippen LogP contribution in [0.2, 0.25) is 0 Å². The fourth-order valence-electron chi connectivity index (χ4n) is 0.895. The summed E-state index contributed by atoms with van der Waals surface area (Å²) in [4.78, 5) is 0. The van der Waals surface area contributed by atoms with E-state index in [1.54, 1.807) is 18.2 Å². The van der Waals surface area contributed by atoms with Gasteiger partial charge in [0.05, 0.1) is 17.3 Å². The number of hydrogen-bond acceptors (Lipinski definition) is 3. The number of nitrogens with one attached hydrogen (secondary N) is 1. The minimum absolute atomic E-state index is 0.654. The van der Waals surface area contributed by atoms with Crippen molar-refractivity contribution in [1.82, 2.24) is 0 Å². The maximum Gasteiger partial charge on any atom is 0.0991 e. The van der Waals surface area contributed by atoms with Crippen LogP contribution in [0.3, 0.4) is 0 Å². The minimum atomic E-state index is 0.654. The second-order valence-corrected chi connectivity index (χ2v) is 2.29. The second-order valence-electron chi connectivity index (χ2n) is 2.29. The van der Waals surface area contributed by atoms with E-state index < -0.39 is 0 Å². The molecule has 0 aromatic heterocycles. The number of nitrogen functional groups attached to an aromatic ring is 1. The molecule has 0 fully saturated rings. The number of nitrogens with two attached hydrogens (primary N) is 1. The van der Waals surface area contributed by atoms with Gasteiger partial charge >= 0.3 is 0 Å². The van der Waals surface area contributed by atoms with E-state index in [1.165, 1.54) is 0 Å². The Morgan fingerprint density at radius 3 is 2.73 bits per heavy atom. The Labute approximate surface area is 65.4 Å². The van der Waals surface area contributed by atoms with E-state index in [-0.39, 0.29) is 0 Å². The molecule has 0 saturated heterocycles. The average molecular weight is 147 g/mol. The summed E-state index contributed by atoms with van der Waals surface area (Å²) in [7, 11) is 0. The Morgan fingerprint density at radius 2 is 2.27 bits per heavy atom. The van der Waals surface area contributed by atoms with Gasteiger partial charge < -0.3 is 5.43 Å². The summed E-state index contributed by atoms with van der Waals surface area (Å²) in [5, 5.41) is 8.52. The lowest BCUT2D eigenvalue weighted by molar-refractivity contribution is 1.30. The zero-order valence-electron chi connectivity index (χ0n) is 6.26. The van der Waals surface area contributed by atoms with Gasteiger partial charge in [-0.2, -0.15) is 5.26 Å². The molecule has 1 aromatic carbocycles. The van der Waals surface area contributed by atoms with Gasteiger partial charge in [0.2, 0.25) is 0 Å². The molecule has 3 heteroatoms. The van der Waals surface area contributed by atoms with Crippen LogP contribution in [0.15, 0.2) is 18.2 Å². The Balaban J connectivity index is 3.12. The Morgan fingerprint density at radius 1 is 1.55 bits per heavy atom. The highest BCUT2D eigenvalue weighted by atomic mass is 15.2. The molecular weight excluding hydrogens is 138 g/mol. The molecule has 0 bridgehead atoms. The third-order valence-electron chi connectivity index (χ3n) is 1.51. The summed E-state index contributed by atoms with van der Waals surface area (Å²) in [6.07, 6.45) is 0. The number of hydrogen-bond donors (Lipinski definition) is 2. The van der Waals surface area contributed by atoms with Crippen molar-refractivity contribution in [3.8, 4) is 6.07 Å². The fourth-order valence-corrected chi connectivity index (χ4v) is 0.895. The Kier molecular flexibility index (Phi) is 2.09. The van der Waals surface area contributed by atoms with Crippen molar-refractivity contribution in [2.24, 2.45) is 5.84 Å². The summed E-state index contributed by atoms with van der Waals surface area (Å²) in [6.45, 7) is 1.90. The van der Waals surface area contributed by atoms with Gasteiger partial charge in [0.1, 0.15) is 0 Å². The molecule has 0 amide bonds. The molecule has 0 spiro atoms. The van der Waals surface area contributed by atoms with Gasteiger partial charge in [0.15, 0.2) is 0 Å². The Hall–Kier alpha value is -1.53. The van der Waals surface area contributed by atoms with Crippen LogP contribution in [-0.2, 0) is 0 Å². The molecule has 0 aliphatic rings. The van der Waals surface area contributed by atoms with E-state index in [0.717, 1.165) is 11.3 Å². The standard InChI is InChI=1S/C8H9N3/c1-6-4-7(5-9)2-3-8(6)11-10/h2-4,11H,10H2,1H3. The van der Waals surface area contributed by atoms with Crippen LogP contribution in [0, 0.1) is 18.3 Å². The van der Waals surface area contributed by atoms with Gasteiger partial charge in [-0.05, 0) is 30.7 Å². The number of rotatable bonds is 1. The van der Waals surface area contributed by atoms with Crippen molar-refractivity contribution in [1.29, 1.82) is 5.26 Å². The molecule has 3 nitrogen and oxygen atoms in total. The Bertz CT molecular complexity index is 299. The van der Waals surface area contributed by atoms with Crippen LogP contribution in [-0.4, -0.2) is 0 Å². The first-order valence-electron chi connectivity index (χ1n) is 3.25. The number of nitrogens with zero attached hydrogens (tertiary/aromatic N) is 1. The fraction of sp³-hybridized carbons (Fsp3) is 0.125. The van der Waals surface area contributed by atoms with Crippen LogP contribution in [0.25, 0.3) is 0 Å². The first-order valence-corrected chi connectivity index (χ1v) is 3.25. The van der Waals surface area contributed by atoms with Gasteiger partial charge in [-0.1, -0.05) is 0 Å². The molecule has 0 atom stereocenters. The van der Waals surface area contributed by atoms with Crippen molar-refractivity contribution >= 4 is 5.69 Å². The van der Waals surface area contributed by atoms with Gasteiger partial charge in [0, 0.05) is 0 Å². The first kappa shape index (κ1) is 7.58. The highest BCUT2D eigenvalue weighted by Gasteiger charge is 1.95. The zero-order chi connectivity index (χ0) is 8.27. The van der Waals surface area contributed by atoms with Gasteiger partial charge in [-0.25, -0.2) is 0 Å². The van der Waals surface area contributed by atoms with Crippen LogP contribution in [0.1, 0.15) is 11.1 Å². The van der Waals surface area contributed by atoms with Crippen molar-refractivity contribution in [3.05, 3.63) is 29.3 Å². The predicted molar refractivity (Wildman–Crippen MR) is 43.7 cm³/mol. The third-order valence-corrected chi connectivity index (χ3v) is 1.51. The summed E-state index contributed by atoms with van der Waals surface area (Å²) in [5.74, 6) is 5.21. The van der Waals surface area contributed by atoms with Crippen molar-refractivity contribution < 1.29 is 0 Å². The zero-order valence-corrected chi connectivity index (χ0v) is 6.26. The van der Waals surface area contributed by atoms with Gasteiger partial charge in [-0.15, -0.1) is 0 Å². The molecule has 1 rings (SSSR count). The van der Waals surface area contributed by atoms with E-state index in [4.69, 9.17) is 11.1 Å². The van der Waals surface area contributed by atoms with Crippen LogP contribution >= 0.6 is 0 Å². The van der Waals surface area contributed by atoms with Gasteiger partial charge in [0.25, 0.3) is 0 Å². The number of benzene rings is 1. The first-order chi connectivity index (χ1) is 5.27. The molecule has 0 unspecified atom stereocenters. The summed E-state index contributed by atoms with van der Waals surface area (Å²) in [5.41, 5.74) is 5.02. The smallest absolute Gasteiger partial charge is 0.0991 e. The normalized spacial score (nSPS) is 8.82. The molecule has 0 heterocycles. The number of aryl methyl sites for hydroxylation is 1. The number of anilines is 1. The molecule has 1 aromatic rings. The second kappa shape index (κ2) is 3.04. The monoisotopic (exact) mass is 147 g/mol. The molecule has 0 aliphatic carbocycles. The van der Waals surface area contributed by atoms with Crippen LogP contribution < -0.4 is 11.3 Å². The molecule has 3 N–H and O–H groups in total. The van der Waals surface area contributed by atoms with E-state index in [0.29, 0.717) is 5.56 Å². The molecule has 0 aliphatic heterocycles. The minimum Gasteiger partial charge on any atom is -0.324 e. The molecule has 56 valence electrons. The predicted octanol–water partition coefficient (Wildman–Crippen LogP) is 1.15. The summed E-state index contributed by atoms with van der Waals surface area (Å²) in [6, 6.07) is 7.35. The SMILES string of the molecule is Cc1cc(C#N)ccc1NN. The topological polar surface area (TPSA) is 61.8 Å². The lowest BCUT2D eigenvalue weighted by Gasteiger charge is -2.02. The molecule has 0 radical (unpaired) electrons. The maximum absolute atomic E-state index is 8.52. The lowest BCUT2D eigenvalue weighted by Crippen LogP contribution is -2.07. The van der Waals surface area contributed by atoms with E-state index in [9.17, 15) is 0 Å². The van der Waals surface area contributed by atoms with Crippen molar-refractivity contribution in [2.75, 3.05) is 5.43 Å². The average Bonchev–Trinajstić information content (AvgIpc) is 2.04. The van der Waals surface area contributed by atoms with E-state index >= 15 is 0 Å². The van der Waals surface area contributed by atoms with E-state index in [1.807, 2.05) is 6.92 Å². The largest absolute Gasteiger partial charge is 0.324 e. The summed E-state index contributed by atoms with van der Waals surface area (Å²) >= 11 is 0.